The van der Waals surface area contributed by atoms with Crippen molar-refractivity contribution in [3.05, 3.63) is 90.1 Å². The van der Waals surface area contributed by atoms with Crippen molar-refractivity contribution in [1.82, 2.24) is 0 Å². The smallest absolute Gasteiger partial charge is 0.342 e. The Balaban J connectivity index is 1.90. The highest BCUT2D eigenvalue weighted by Crippen LogP contribution is 2.32. The van der Waals surface area contributed by atoms with Crippen LogP contribution < -0.4 is 0 Å². The number of hydrogen-bond acceptors (Lipinski definition) is 2. The summed E-state index contributed by atoms with van der Waals surface area (Å²) in [5.41, 5.74) is 2.17. The van der Waals surface area contributed by atoms with E-state index in [9.17, 15) is 13.6 Å². The van der Waals surface area contributed by atoms with Crippen molar-refractivity contribution in [2.45, 2.75) is 13.5 Å². The van der Waals surface area contributed by atoms with E-state index in [-0.39, 0.29) is 12.2 Å². The lowest BCUT2D eigenvalue weighted by Gasteiger charge is -2.12. The average molecular weight is 590 g/mol. The molecule has 138 valence electrons. The maximum absolute atomic E-state index is 14.7. The first-order valence-corrected chi connectivity index (χ1v) is 10.2. The van der Waals surface area contributed by atoms with E-state index in [4.69, 9.17) is 4.74 Å². The van der Waals surface area contributed by atoms with Crippen LogP contribution in [0.2, 0.25) is 0 Å². The Morgan fingerprint density at radius 2 is 1.67 bits per heavy atom. The van der Waals surface area contributed by atoms with Crippen LogP contribution in [-0.2, 0) is 11.3 Å². The molecule has 0 N–H and O–H groups in total. The molecule has 0 aromatic heterocycles. The summed E-state index contributed by atoms with van der Waals surface area (Å²) in [6.45, 7) is 1.85. The molecule has 2 nitrogen and oxygen atoms in total. The zero-order valence-corrected chi connectivity index (χ0v) is 18.5. The highest BCUT2D eigenvalue weighted by molar-refractivity contribution is 14.1. The monoisotopic (exact) mass is 590 g/mol. The van der Waals surface area contributed by atoms with Crippen LogP contribution in [0.25, 0.3) is 11.1 Å². The highest BCUT2D eigenvalue weighted by Gasteiger charge is 2.21. The largest absolute Gasteiger partial charge is 0.457 e. The summed E-state index contributed by atoms with van der Waals surface area (Å²) < 4.78 is 35.4. The zero-order valence-electron chi connectivity index (χ0n) is 14.2. The van der Waals surface area contributed by atoms with Crippen molar-refractivity contribution in [2.24, 2.45) is 0 Å². The SMILES string of the molecule is Cc1cc(F)c(-c2cc(F)c(C(=O)OCc3ccccc3)c(I)c2)c(I)c1. The van der Waals surface area contributed by atoms with Gasteiger partial charge in [0.2, 0.25) is 0 Å². The van der Waals surface area contributed by atoms with Crippen LogP contribution in [0.1, 0.15) is 21.5 Å². The average Bonchev–Trinajstić information content (AvgIpc) is 2.59. The lowest BCUT2D eigenvalue weighted by molar-refractivity contribution is 0.0466. The van der Waals surface area contributed by atoms with Crippen molar-refractivity contribution in [2.75, 3.05) is 0 Å². The summed E-state index contributed by atoms with van der Waals surface area (Å²) in [7, 11) is 0. The lowest BCUT2D eigenvalue weighted by atomic mass is 10.0. The van der Waals surface area contributed by atoms with Gasteiger partial charge in [0.1, 0.15) is 23.8 Å². The molecule has 0 atom stereocenters. The molecule has 0 aliphatic rings. The molecule has 0 unspecified atom stereocenters. The minimum atomic E-state index is -0.744. The predicted molar refractivity (Wildman–Crippen MR) is 118 cm³/mol. The van der Waals surface area contributed by atoms with Gasteiger partial charge in [-0.1, -0.05) is 30.3 Å². The molecule has 3 aromatic rings. The fraction of sp³-hybridized carbons (Fsp3) is 0.0952. The van der Waals surface area contributed by atoms with E-state index in [1.807, 2.05) is 81.6 Å². The molecule has 0 amide bonds. The molecule has 0 bridgehead atoms. The molecule has 3 rings (SSSR count). The molecule has 0 fully saturated rings. The molecule has 3 aromatic carbocycles. The van der Waals surface area contributed by atoms with Crippen LogP contribution in [-0.4, -0.2) is 5.97 Å². The molecular formula is C21H14F2I2O2. The predicted octanol–water partition coefficient (Wildman–Crippen LogP) is 6.51. The minimum Gasteiger partial charge on any atom is -0.457 e. The van der Waals surface area contributed by atoms with Gasteiger partial charge in [-0.25, -0.2) is 13.6 Å². The molecule has 0 saturated heterocycles. The first-order valence-electron chi connectivity index (χ1n) is 8.03. The summed E-state index contributed by atoms with van der Waals surface area (Å²) >= 11 is 3.90. The van der Waals surface area contributed by atoms with Gasteiger partial charge in [-0.3, -0.25) is 0 Å². The number of carbonyl (C=O) groups excluding carboxylic acids is 1. The summed E-state index contributed by atoms with van der Waals surface area (Å²) in [6.07, 6.45) is 0. The lowest BCUT2D eigenvalue weighted by Crippen LogP contribution is -2.10. The molecule has 0 heterocycles. The van der Waals surface area contributed by atoms with E-state index >= 15 is 0 Å². The molecule has 0 aliphatic heterocycles. The van der Waals surface area contributed by atoms with Crippen molar-refractivity contribution in [1.29, 1.82) is 0 Å². The fourth-order valence-electron chi connectivity index (χ4n) is 2.68. The number of carbonyl (C=O) groups is 1. The third kappa shape index (κ3) is 4.66. The summed E-state index contributed by atoms with van der Waals surface area (Å²) in [5, 5.41) is 0. The van der Waals surface area contributed by atoms with Crippen LogP contribution in [0.4, 0.5) is 8.78 Å². The zero-order chi connectivity index (χ0) is 19.6. The number of rotatable bonds is 4. The Hall–Kier alpha value is -1.55. The summed E-state index contributed by atoms with van der Waals surface area (Å²) in [6, 6.07) is 15.2. The van der Waals surface area contributed by atoms with Crippen LogP contribution in [0, 0.1) is 25.7 Å². The Bertz CT molecular complexity index is 958. The first kappa shape index (κ1) is 20.2. The molecule has 0 aliphatic carbocycles. The van der Waals surface area contributed by atoms with Crippen LogP contribution in [0.5, 0.6) is 0 Å². The highest BCUT2D eigenvalue weighted by atomic mass is 127. The van der Waals surface area contributed by atoms with Crippen LogP contribution in [0.15, 0.2) is 54.6 Å². The van der Waals surface area contributed by atoms with E-state index < -0.39 is 17.6 Å². The number of esters is 1. The number of hydrogen-bond donors (Lipinski definition) is 0. The normalized spacial score (nSPS) is 10.7. The van der Waals surface area contributed by atoms with Gasteiger partial charge in [-0.05, 0) is 93.1 Å². The van der Waals surface area contributed by atoms with Crippen molar-refractivity contribution < 1.29 is 18.3 Å². The van der Waals surface area contributed by atoms with Gasteiger partial charge in [-0.15, -0.1) is 0 Å². The second-order valence-corrected chi connectivity index (χ2v) is 8.30. The maximum atomic E-state index is 14.7. The number of aryl methyl sites for hydroxylation is 1. The molecule has 27 heavy (non-hydrogen) atoms. The quantitative estimate of drug-likeness (QED) is 0.256. The third-order valence-electron chi connectivity index (χ3n) is 3.93. The molecule has 0 radical (unpaired) electrons. The topological polar surface area (TPSA) is 26.3 Å². The van der Waals surface area contributed by atoms with E-state index in [2.05, 4.69) is 0 Å². The standard InChI is InChI=1S/C21H14F2I2O2/c1-12-7-15(22)19(17(24)8-12)14-9-16(23)20(18(25)10-14)21(26)27-11-13-5-3-2-4-6-13/h2-10H,11H2,1H3. The summed E-state index contributed by atoms with van der Waals surface area (Å²) in [4.78, 5) is 12.3. The maximum Gasteiger partial charge on any atom is 0.342 e. The number of halogens is 4. The third-order valence-corrected chi connectivity index (χ3v) is 5.64. The van der Waals surface area contributed by atoms with Gasteiger partial charge in [0.25, 0.3) is 0 Å². The van der Waals surface area contributed by atoms with E-state index in [0.29, 0.717) is 18.3 Å². The van der Waals surface area contributed by atoms with Gasteiger partial charge in [0, 0.05) is 12.7 Å². The molecule has 0 spiro atoms. The van der Waals surface area contributed by atoms with Gasteiger partial charge in [-0.2, -0.15) is 0 Å². The van der Waals surface area contributed by atoms with Gasteiger partial charge >= 0.3 is 5.97 Å². The van der Waals surface area contributed by atoms with Gasteiger partial charge in [0.15, 0.2) is 0 Å². The van der Waals surface area contributed by atoms with Crippen LogP contribution >= 0.6 is 45.2 Å². The van der Waals surface area contributed by atoms with Crippen molar-refractivity contribution in [3.63, 3.8) is 0 Å². The Kier molecular flexibility index (Phi) is 6.46. The Morgan fingerprint density at radius 3 is 2.30 bits per heavy atom. The summed E-state index contributed by atoms with van der Waals surface area (Å²) in [5.74, 6) is -1.90. The second-order valence-electron chi connectivity index (χ2n) is 5.98. The number of benzene rings is 3. The van der Waals surface area contributed by atoms with E-state index in [1.165, 1.54) is 12.1 Å². The minimum absolute atomic E-state index is 0.0570. The number of ether oxygens (including phenoxy) is 1. The fourth-order valence-corrected chi connectivity index (χ4v) is 4.56. The molecular weight excluding hydrogens is 576 g/mol. The van der Waals surface area contributed by atoms with Crippen molar-refractivity contribution in [3.8, 4) is 11.1 Å². The molecule has 6 heteroatoms. The van der Waals surface area contributed by atoms with Gasteiger partial charge < -0.3 is 4.74 Å². The second kappa shape index (κ2) is 8.64. The Morgan fingerprint density at radius 1 is 0.963 bits per heavy atom. The van der Waals surface area contributed by atoms with E-state index in [0.717, 1.165) is 11.1 Å². The van der Waals surface area contributed by atoms with E-state index in [1.54, 1.807) is 13.0 Å². The van der Waals surface area contributed by atoms with Crippen molar-refractivity contribution >= 4 is 51.2 Å². The van der Waals surface area contributed by atoms with Crippen LogP contribution in [0.3, 0.4) is 0 Å². The first-order chi connectivity index (χ1) is 12.9. The van der Waals surface area contributed by atoms with Gasteiger partial charge in [0.05, 0.1) is 0 Å². The Labute approximate surface area is 183 Å². The molecule has 0 saturated carbocycles.